The molecule has 0 radical (unpaired) electrons. The van der Waals surface area contributed by atoms with Crippen LogP contribution in [0.15, 0.2) is 35.6 Å². The lowest BCUT2D eigenvalue weighted by molar-refractivity contribution is -0.139. The quantitative estimate of drug-likeness (QED) is 0.781. The van der Waals surface area contributed by atoms with Gasteiger partial charge in [-0.2, -0.15) is 0 Å². The second kappa shape index (κ2) is 6.63. The smallest absolute Gasteiger partial charge is 0.338 e. The molecule has 5 nitrogen and oxygen atoms in total. The van der Waals surface area contributed by atoms with E-state index in [4.69, 9.17) is 18.9 Å². The minimum atomic E-state index is -0.569. The molecule has 0 aliphatic carbocycles. The molecule has 2 rings (SSSR count). The zero-order valence-electron chi connectivity index (χ0n) is 12.7. The normalized spacial score (nSPS) is 21.1. The van der Waals surface area contributed by atoms with Gasteiger partial charge in [-0.25, -0.2) is 4.79 Å². The Labute approximate surface area is 124 Å². The van der Waals surface area contributed by atoms with Crippen molar-refractivity contribution in [3.05, 3.63) is 41.2 Å². The number of rotatable bonds is 5. The molecule has 2 atom stereocenters. The number of carbonyl (C=O) groups is 1. The lowest BCUT2D eigenvalue weighted by Gasteiger charge is -2.21. The van der Waals surface area contributed by atoms with E-state index in [0.29, 0.717) is 23.7 Å². The first-order valence-corrected chi connectivity index (χ1v) is 6.84. The Morgan fingerprint density at radius 1 is 1.29 bits per heavy atom. The highest BCUT2D eigenvalue weighted by molar-refractivity contribution is 5.91. The molecule has 21 heavy (non-hydrogen) atoms. The van der Waals surface area contributed by atoms with Crippen LogP contribution in [0.3, 0.4) is 0 Å². The van der Waals surface area contributed by atoms with E-state index in [0.717, 1.165) is 5.56 Å². The van der Waals surface area contributed by atoms with Gasteiger partial charge in [0.1, 0.15) is 11.5 Å². The summed E-state index contributed by atoms with van der Waals surface area (Å²) in [4.78, 5) is 12.2. The summed E-state index contributed by atoms with van der Waals surface area (Å²) in [6.07, 6.45) is -0.569. The van der Waals surface area contributed by atoms with Crippen LogP contribution in [0.25, 0.3) is 0 Å². The first-order valence-electron chi connectivity index (χ1n) is 6.84. The number of benzene rings is 1. The van der Waals surface area contributed by atoms with Gasteiger partial charge in [0.05, 0.1) is 25.2 Å². The molecule has 1 aromatic rings. The van der Waals surface area contributed by atoms with E-state index in [9.17, 15) is 4.79 Å². The van der Waals surface area contributed by atoms with Gasteiger partial charge in [0, 0.05) is 12.7 Å². The molecular weight excluding hydrogens is 272 g/mol. The summed E-state index contributed by atoms with van der Waals surface area (Å²) in [5.74, 6) is 0.455. The van der Waals surface area contributed by atoms with E-state index in [1.54, 1.807) is 28.1 Å². The first kappa shape index (κ1) is 15.4. The molecule has 1 aromatic carbocycles. The zero-order valence-corrected chi connectivity index (χ0v) is 12.7. The summed E-state index contributed by atoms with van der Waals surface area (Å²) < 4.78 is 21.6. The van der Waals surface area contributed by atoms with Crippen LogP contribution in [-0.4, -0.2) is 33.1 Å². The van der Waals surface area contributed by atoms with Crippen molar-refractivity contribution in [1.82, 2.24) is 0 Å². The van der Waals surface area contributed by atoms with Crippen molar-refractivity contribution < 1.29 is 23.7 Å². The molecule has 1 aliphatic rings. The number of hydrogen-bond donors (Lipinski definition) is 0. The number of ether oxygens (including phenoxy) is 4. The Kier molecular flexibility index (Phi) is 4.85. The van der Waals surface area contributed by atoms with Gasteiger partial charge in [-0.15, -0.1) is 0 Å². The molecule has 5 heteroatoms. The van der Waals surface area contributed by atoms with Crippen molar-refractivity contribution in [2.45, 2.75) is 26.1 Å². The highest BCUT2D eigenvalue weighted by Gasteiger charge is 2.42. The van der Waals surface area contributed by atoms with Crippen LogP contribution >= 0.6 is 0 Å². The second-order valence-electron chi connectivity index (χ2n) is 4.63. The largest absolute Gasteiger partial charge is 0.496 e. The summed E-state index contributed by atoms with van der Waals surface area (Å²) in [6.45, 7) is 3.83. The Balaban J connectivity index is 2.47. The van der Waals surface area contributed by atoms with Crippen LogP contribution in [0.5, 0.6) is 5.75 Å². The van der Waals surface area contributed by atoms with Crippen LogP contribution in [0, 0.1) is 0 Å². The number of para-hydroxylation sites is 1. The number of methoxy groups -OCH3 is 2. The average molecular weight is 292 g/mol. The lowest BCUT2D eigenvalue weighted by atomic mass is 9.90. The molecule has 1 heterocycles. The molecule has 0 saturated heterocycles. The standard InChI is InChI=1S/C16H20O5/c1-5-20-15(17)13-10(2)21-16(19-4)14(13)11-8-6-7-9-12(11)18-3/h6-9,14,16H,5H2,1-4H3. The molecule has 114 valence electrons. The molecule has 0 saturated carbocycles. The fourth-order valence-electron chi connectivity index (χ4n) is 2.55. The molecule has 0 N–H and O–H groups in total. The maximum atomic E-state index is 12.2. The second-order valence-corrected chi connectivity index (χ2v) is 4.63. The molecule has 1 aliphatic heterocycles. The van der Waals surface area contributed by atoms with Gasteiger partial charge in [0.2, 0.25) is 6.29 Å². The molecule has 0 aromatic heterocycles. The van der Waals surface area contributed by atoms with E-state index in [1.165, 1.54) is 0 Å². The van der Waals surface area contributed by atoms with Crippen LogP contribution in [-0.2, 0) is 19.0 Å². The molecule has 0 amide bonds. The fourth-order valence-corrected chi connectivity index (χ4v) is 2.55. The summed E-state index contributed by atoms with van der Waals surface area (Å²) in [5.41, 5.74) is 1.32. The van der Waals surface area contributed by atoms with Crippen molar-refractivity contribution in [2.24, 2.45) is 0 Å². The number of carbonyl (C=O) groups excluding carboxylic acids is 1. The van der Waals surface area contributed by atoms with Gasteiger partial charge in [-0.1, -0.05) is 18.2 Å². The van der Waals surface area contributed by atoms with Crippen molar-refractivity contribution in [3.8, 4) is 5.75 Å². The Hall–Kier alpha value is -2.01. The topological polar surface area (TPSA) is 54.0 Å². The molecule has 2 unspecified atom stereocenters. The van der Waals surface area contributed by atoms with Gasteiger partial charge < -0.3 is 18.9 Å². The minimum absolute atomic E-state index is 0.311. The number of esters is 1. The predicted octanol–water partition coefficient (Wildman–Crippen LogP) is 2.62. The number of hydrogen-bond acceptors (Lipinski definition) is 5. The predicted molar refractivity (Wildman–Crippen MR) is 77.0 cm³/mol. The zero-order chi connectivity index (χ0) is 15.4. The van der Waals surface area contributed by atoms with Gasteiger partial charge in [-0.3, -0.25) is 0 Å². The SMILES string of the molecule is CCOC(=O)C1=C(C)OC(OC)C1c1ccccc1OC. The van der Waals surface area contributed by atoms with Crippen LogP contribution in [0.2, 0.25) is 0 Å². The summed E-state index contributed by atoms with van der Waals surface area (Å²) in [7, 11) is 3.14. The molecule has 0 spiro atoms. The first-order chi connectivity index (χ1) is 10.1. The third-order valence-corrected chi connectivity index (χ3v) is 3.46. The van der Waals surface area contributed by atoms with Gasteiger partial charge in [0.25, 0.3) is 0 Å². The molecular formula is C16H20O5. The Bertz CT molecular complexity index is 549. The Morgan fingerprint density at radius 2 is 2.00 bits per heavy atom. The third-order valence-electron chi connectivity index (χ3n) is 3.46. The van der Waals surface area contributed by atoms with Crippen molar-refractivity contribution in [1.29, 1.82) is 0 Å². The van der Waals surface area contributed by atoms with E-state index >= 15 is 0 Å². The van der Waals surface area contributed by atoms with E-state index < -0.39 is 6.29 Å². The van der Waals surface area contributed by atoms with Gasteiger partial charge >= 0.3 is 5.97 Å². The van der Waals surface area contributed by atoms with Gasteiger partial charge in [0.15, 0.2) is 0 Å². The van der Waals surface area contributed by atoms with Crippen molar-refractivity contribution in [3.63, 3.8) is 0 Å². The maximum Gasteiger partial charge on any atom is 0.338 e. The van der Waals surface area contributed by atoms with E-state index in [2.05, 4.69) is 0 Å². The summed E-state index contributed by atoms with van der Waals surface area (Å²) >= 11 is 0. The van der Waals surface area contributed by atoms with Crippen LogP contribution < -0.4 is 4.74 Å². The van der Waals surface area contributed by atoms with Crippen molar-refractivity contribution >= 4 is 5.97 Å². The van der Waals surface area contributed by atoms with Crippen LogP contribution in [0.4, 0.5) is 0 Å². The molecule has 0 fully saturated rings. The highest BCUT2D eigenvalue weighted by Crippen LogP contribution is 2.43. The lowest BCUT2D eigenvalue weighted by Crippen LogP contribution is -2.23. The number of allylic oxidation sites excluding steroid dienone is 1. The maximum absolute atomic E-state index is 12.2. The minimum Gasteiger partial charge on any atom is -0.496 e. The van der Waals surface area contributed by atoms with Crippen LogP contribution in [0.1, 0.15) is 25.3 Å². The van der Waals surface area contributed by atoms with Crippen molar-refractivity contribution in [2.75, 3.05) is 20.8 Å². The third kappa shape index (κ3) is 2.88. The highest BCUT2D eigenvalue weighted by atomic mass is 16.7. The van der Waals surface area contributed by atoms with E-state index in [1.807, 2.05) is 24.3 Å². The van der Waals surface area contributed by atoms with E-state index in [-0.39, 0.29) is 11.9 Å². The van der Waals surface area contributed by atoms with Gasteiger partial charge in [-0.05, 0) is 19.9 Å². The Morgan fingerprint density at radius 3 is 2.62 bits per heavy atom. The summed E-state index contributed by atoms with van der Waals surface area (Å²) in [5, 5.41) is 0. The fraction of sp³-hybridized carbons (Fsp3) is 0.438. The summed E-state index contributed by atoms with van der Waals surface area (Å²) in [6, 6.07) is 7.51. The molecule has 0 bridgehead atoms. The monoisotopic (exact) mass is 292 g/mol. The average Bonchev–Trinajstić information content (AvgIpc) is 2.83.